The molecular formula is C27H32O5. The molecule has 1 heterocycles. The summed E-state index contributed by atoms with van der Waals surface area (Å²) in [5, 5.41) is 11.2. The number of Topliss-reactive ketones (excluding diaryl/α,β-unsaturated/α-hetero) is 1. The molecule has 1 atom stereocenters. The normalized spacial score (nSPS) is 17.3. The largest absolute Gasteiger partial charge is 0.507 e. The Labute approximate surface area is 190 Å². The SMILES string of the molecule is C=C(C)c1ccc(C)cc1-c1c(O)cc(CCCCC)c2c1OC(C)(CC(C)=O)OC2=O. The molecule has 2 aromatic carbocycles. The summed E-state index contributed by atoms with van der Waals surface area (Å²) in [5.74, 6) is -1.83. The summed E-state index contributed by atoms with van der Waals surface area (Å²) in [7, 11) is 0. The third kappa shape index (κ3) is 4.72. The number of unbranched alkanes of at least 4 members (excludes halogenated alkanes) is 2. The van der Waals surface area contributed by atoms with Crippen molar-refractivity contribution in [3.8, 4) is 22.6 Å². The fraction of sp³-hybridized carbons (Fsp3) is 0.407. The van der Waals surface area contributed by atoms with Gasteiger partial charge in [0.2, 0.25) is 0 Å². The molecule has 0 aliphatic carbocycles. The minimum absolute atomic E-state index is 0.0308. The van der Waals surface area contributed by atoms with Gasteiger partial charge in [0.25, 0.3) is 5.79 Å². The van der Waals surface area contributed by atoms with Crippen molar-refractivity contribution in [1.82, 2.24) is 0 Å². The van der Waals surface area contributed by atoms with Gasteiger partial charge in [-0.05, 0) is 56.4 Å². The molecule has 1 N–H and O–H groups in total. The minimum atomic E-state index is -1.44. The molecule has 170 valence electrons. The lowest BCUT2D eigenvalue weighted by molar-refractivity contribution is -0.155. The number of ketones is 1. The molecule has 1 aliphatic rings. The molecule has 3 rings (SSSR count). The van der Waals surface area contributed by atoms with Crippen molar-refractivity contribution in [1.29, 1.82) is 0 Å². The lowest BCUT2D eigenvalue weighted by Gasteiger charge is -2.36. The van der Waals surface area contributed by atoms with E-state index in [0.29, 0.717) is 23.1 Å². The Kier molecular flexibility index (Phi) is 6.77. The highest BCUT2D eigenvalue weighted by Gasteiger charge is 2.42. The maximum atomic E-state index is 13.2. The number of ether oxygens (including phenoxy) is 2. The van der Waals surface area contributed by atoms with E-state index in [2.05, 4.69) is 13.5 Å². The van der Waals surface area contributed by atoms with Crippen molar-refractivity contribution >= 4 is 17.3 Å². The topological polar surface area (TPSA) is 72.8 Å². The van der Waals surface area contributed by atoms with E-state index in [9.17, 15) is 14.7 Å². The first-order chi connectivity index (χ1) is 15.1. The van der Waals surface area contributed by atoms with Gasteiger partial charge < -0.3 is 14.6 Å². The fourth-order valence-corrected chi connectivity index (χ4v) is 4.29. The first-order valence-electron chi connectivity index (χ1n) is 11.1. The number of phenols is 1. The van der Waals surface area contributed by atoms with E-state index >= 15 is 0 Å². The van der Waals surface area contributed by atoms with Gasteiger partial charge in [0, 0.05) is 6.92 Å². The van der Waals surface area contributed by atoms with Crippen LogP contribution in [0.3, 0.4) is 0 Å². The number of fused-ring (bicyclic) bond motifs is 1. The van der Waals surface area contributed by atoms with Gasteiger partial charge in [-0.1, -0.05) is 55.7 Å². The van der Waals surface area contributed by atoms with Crippen molar-refractivity contribution in [2.24, 2.45) is 0 Å². The number of phenolic OH excluding ortho intramolecular Hbond substituents is 1. The number of allylic oxidation sites excluding steroid dienone is 1. The molecule has 32 heavy (non-hydrogen) atoms. The van der Waals surface area contributed by atoms with Crippen molar-refractivity contribution < 1.29 is 24.2 Å². The van der Waals surface area contributed by atoms with Crippen LogP contribution in [0.5, 0.6) is 11.5 Å². The molecule has 0 aromatic heterocycles. The highest BCUT2D eigenvalue weighted by Crippen LogP contribution is 2.49. The number of carbonyl (C=O) groups excluding carboxylic acids is 2. The predicted molar refractivity (Wildman–Crippen MR) is 126 cm³/mol. The van der Waals surface area contributed by atoms with E-state index in [1.807, 2.05) is 32.0 Å². The zero-order chi connectivity index (χ0) is 23.6. The zero-order valence-electron chi connectivity index (χ0n) is 19.6. The van der Waals surface area contributed by atoms with E-state index in [0.717, 1.165) is 41.5 Å². The van der Waals surface area contributed by atoms with Crippen LogP contribution in [-0.2, 0) is 16.0 Å². The smallest absolute Gasteiger partial charge is 0.345 e. The van der Waals surface area contributed by atoms with Crippen molar-refractivity contribution in [3.05, 3.63) is 53.1 Å². The Morgan fingerprint density at radius 3 is 2.47 bits per heavy atom. The number of benzene rings is 2. The molecule has 1 unspecified atom stereocenters. The van der Waals surface area contributed by atoms with Crippen molar-refractivity contribution in [3.63, 3.8) is 0 Å². The molecule has 5 nitrogen and oxygen atoms in total. The quantitative estimate of drug-likeness (QED) is 0.384. The molecule has 0 fully saturated rings. The van der Waals surface area contributed by atoms with Crippen molar-refractivity contribution in [2.45, 2.75) is 72.5 Å². The lowest BCUT2D eigenvalue weighted by Crippen LogP contribution is -2.44. The van der Waals surface area contributed by atoms with Crippen LogP contribution in [0.4, 0.5) is 0 Å². The van der Waals surface area contributed by atoms with Gasteiger partial charge in [0.15, 0.2) is 5.75 Å². The maximum absolute atomic E-state index is 13.2. The number of hydrogen-bond donors (Lipinski definition) is 1. The molecule has 0 bridgehead atoms. The number of rotatable bonds is 8. The van der Waals surface area contributed by atoms with E-state index < -0.39 is 11.8 Å². The summed E-state index contributed by atoms with van der Waals surface area (Å²) in [6, 6.07) is 7.52. The van der Waals surface area contributed by atoms with Gasteiger partial charge >= 0.3 is 5.97 Å². The standard InChI is InChI=1S/C27H32O5/c1-7-8-9-10-19-14-22(29)24(21-13-17(4)11-12-20(21)16(2)3)25-23(19)26(30)32-27(6,31-25)15-18(5)28/h11-14,29H,2,7-10,15H2,1,3-6H3. The maximum Gasteiger partial charge on any atom is 0.345 e. The summed E-state index contributed by atoms with van der Waals surface area (Å²) < 4.78 is 11.8. The summed E-state index contributed by atoms with van der Waals surface area (Å²) in [5.41, 5.74) is 4.83. The van der Waals surface area contributed by atoms with Gasteiger partial charge in [-0.2, -0.15) is 0 Å². The molecule has 2 aromatic rings. The van der Waals surface area contributed by atoms with Crippen LogP contribution in [0.1, 0.15) is 80.4 Å². The lowest BCUT2D eigenvalue weighted by atomic mass is 9.88. The van der Waals surface area contributed by atoms with E-state index in [1.54, 1.807) is 13.0 Å². The first kappa shape index (κ1) is 23.6. The Morgan fingerprint density at radius 1 is 1.12 bits per heavy atom. The van der Waals surface area contributed by atoms with Gasteiger partial charge in [-0.25, -0.2) is 4.79 Å². The van der Waals surface area contributed by atoms with Crippen LogP contribution in [0.25, 0.3) is 16.7 Å². The minimum Gasteiger partial charge on any atom is -0.507 e. The highest BCUT2D eigenvalue weighted by molar-refractivity contribution is 6.01. The average molecular weight is 437 g/mol. The third-order valence-corrected chi connectivity index (χ3v) is 5.70. The third-order valence-electron chi connectivity index (χ3n) is 5.70. The summed E-state index contributed by atoms with van der Waals surface area (Å²) in [6.07, 6.45) is 3.45. The average Bonchev–Trinajstić information content (AvgIpc) is 2.66. The monoisotopic (exact) mass is 436 g/mol. The van der Waals surface area contributed by atoms with Gasteiger partial charge in [-0.15, -0.1) is 0 Å². The Balaban J connectivity index is 2.30. The molecule has 1 aliphatic heterocycles. The molecule has 0 radical (unpaired) electrons. The molecule has 0 amide bonds. The van der Waals surface area contributed by atoms with Gasteiger partial charge in [0.1, 0.15) is 17.1 Å². The van der Waals surface area contributed by atoms with Gasteiger partial charge in [-0.3, -0.25) is 4.79 Å². The molecule has 5 heteroatoms. The van der Waals surface area contributed by atoms with Crippen molar-refractivity contribution in [2.75, 3.05) is 0 Å². The van der Waals surface area contributed by atoms with Crippen LogP contribution in [0, 0.1) is 6.92 Å². The first-order valence-corrected chi connectivity index (χ1v) is 11.1. The Hall–Kier alpha value is -3.08. The van der Waals surface area contributed by atoms with Crippen LogP contribution >= 0.6 is 0 Å². The van der Waals surface area contributed by atoms with Gasteiger partial charge in [0.05, 0.1) is 12.0 Å². The van der Waals surface area contributed by atoms with E-state index in [1.165, 1.54) is 6.92 Å². The summed E-state index contributed by atoms with van der Waals surface area (Å²) >= 11 is 0. The second-order valence-corrected chi connectivity index (χ2v) is 8.92. The molecular weight excluding hydrogens is 404 g/mol. The zero-order valence-corrected chi connectivity index (χ0v) is 19.6. The van der Waals surface area contributed by atoms with E-state index in [-0.39, 0.29) is 23.7 Å². The van der Waals surface area contributed by atoms with Crippen LogP contribution in [0.2, 0.25) is 0 Å². The number of hydrogen-bond acceptors (Lipinski definition) is 5. The second-order valence-electron chi connectivity index (χ2n) is 8.92. The number of carbonyl (C=O) groups is 2. The summed E-state index contributed by atoms with van der Waals surface area (Å²) in [6.45, 7) is 13.0. The second kappa shape index (κ2) is 9.19. The molecule has 0 saturated carbocycles. The highest BCUT2D eigenvalue weighted by atomic mass is 16.7. The number of cyclic esters (lactones) is 1. The van der Waals surface area contributed by atoms with E-state index in [4.69, 9.17) is 9.47 Å². The number of aryl methyl sites for hydroxylation is 2. The predicted octanol–water partition coefficient (Wildman–Crippen LogP) is 6.38. The number of esters is 1. The Morgan fingerprint density at radius 2 is 1.84 bits per heavy atom. The summed E-state index contributed by atoms with van der Waals surface area (Å²) in [4.78, 5) is 25.1. The fourth-order valence-electron chi connectivity index (χ4n) is 4.29. The number of aromatic hydroxyl groups is 1. The molecule has 0 spiro atoms. The molecule has 0 saturated heterocycles. The van der Waals surface area contributed by atoms with Crippen LogP contribution < -0.4 is 4.74 Å². The van der Waals surface area contributed by atoms with Crippen LogP contribution in [0.15, 0.2) is 30.8 Å². The van der Waals surface area contributed by atoms with Crippen LogP contribution in [-0.4, -0.2) is 22.6 Å². The Bertz CT molecular complexity index is 1080.